The average molecular weight is 298 g/mol. The van der Waals surface area contributed by atoms with Gasteiger partial charge in [0.05, 0.1) is 6.61 Å². The molecule has 17 heavy (non-hydrogen) atoms. The van der Waals surface area contributed by atoms with E-state index in [2.05, 4.69) is 20.8 Å². The van der Waals surface area contributed by atoms with Gasteiger partial charge in [0.25, 0.3) is 0 Å². The molecule has 0 heterocycles. The van der Waals surface area contributed by atoms with Crippen LogP contribution in [0.5, 0.6) is 0 Å². The van der Waals surface area contributed by atoms with Crippen molar-refractivity contribution in [1.82, 2.24) is 0 Å². The molecule has 0 aliphatic heterocycles. The van der Waals surface area contributed by atoms with Crippen molar-refractivity contribution in [3.8, 4) is 0 Å². The summed E-state index contributed by atoms with van der Waals surface area (Å²) in [4.78, 5) is 0. The van der Waals surface area contributed by atoms with Crippen molar-refractivity contribution in [2.75, 3.05) is 18.1 Å². The van der Waals surface area contributed by atoms with E-state index in [-0.39, 0.29) is 0 Å². The summed E-state index contributed by atoms with van der Waals surface area (Å²) >= 11 is 3.09. The fraction of sp³-hybridized carbons (Fsp3) is 1.00. The average Bonchev–Trinajstić information content (AvgIpc) is 2.30. The highest BCUT2D eigenvalue weighted by atomic mass is 33.1. The standard InChI is InChI=1S/C12H27O2PS2/c1-4-7-10-14-15(13,16-11-8-5-2)17-12-9-6-3/h4-12H2,1-3H3. The second kappa shape index (κ2) is 12.0. The minimum Gasteiger partial charge on any atom is -0.314 e. The number of hydrogen-bond acceptors (Lipinski definition) is 4. The normalized spacial score (nSPS) is 11.9. The maximum Gasteiger partial charge on any atom is 0.313 e. The Hall–Kier alpha value is 0.890. The lowest BCUT2D eigenvalue weighted by Gasteiger charge is -2.16. The summed E-state index contributed by atoms with van der Waals surface area (Å²) in [6, 6.07) is 0. The van der Waals surface area contributed by atoms with Crippen LogP contribution in [0, 0.1) is 0 Å². The topological polar surface area (TPSA) is 26.3 Å². The summed E-state index contributed by atoms with van der Waals surface area (Å²) in [5, 5.41) is 0. The Balaban J connectivity index is 4.00. The highest BCUT2D eigenvalue weighted by Crippen LogP contribution is 2.70. The van der Waals surface area contributed by atoms with Crippen molar-refractivity contribution >= 4 is 28.5 Å². The Kier molecular flexibility index (Phi) is 12.6. The van der Waals surface area contributed by atoms with Crippen molar-refractivity contribution in [3.63, 3.8) is 0 Å². The predicted molar refractivity (Wildman–Crippen MR) is 83.2 cm³/mol. The maximum atomic E-state index is 12.5. The molecule has 0 aromatic carbocycles. The van der Waals surface area contributed by atoms with Gasteiger partial charge in [0.1, 0.15) is 0 Å². The van der Waals surface area contributed by atoms with Gasteiger partial charge in [-0.1, -0.05) is 62.8 Å². The van der Waals surface area contributed by atoms with Crippen LogP contribution in [-0.2, 0) is 9.09 Å². The van der Waals surface area contributed by atoms with E-state index in [0.717, 1.165) is 50.0 Å². The zero-order chi connectivity index (χ0) is 13.0. The van der Waals surface area contributed by atoms with Gasteiger partial charge in [-0.2, -0.15) is 0 Å². The number of rotatable bonds is 12. The summed E-state index contributed by atoms with van der Waals surface area (Å²) in [6.45, 7) is 7.09. The van der Waals surface area contributed by atoms with Gasteiger partial charge in [0.15, 0.2) is 0 Å². The predicted octanol–water partition coefficient (Wildman–Crippen LogP) is 5.98. The van der Waals surface area contributed by atoms with E-state index in [0.29, 0.717) is 6.61 Å². The van der Waals surface area contributed by atoms with Crippen molar-refractivity contribution in [1.29, 1.82) is 0 Å². The Morgan fingerprint density at radius 2 is 1.35 bits per heavy atom. The molecule has 0 rings (SSSR count). The zero-order valence-electron chi connectivity index (χ0n) is 11.4. The smallest absolute Gasteiger partial charge is 0.313 e. The van der Waals surface area contributed by atoms with Crippen LogP contribution in [0.4, 0.5) is 0 Å². The summed E-state index contributed by atoms with van der Waals surface area (Å²) < 4.78 is 18.2. The lowest BCUT2D eigenvalue weighted by atomic mass is 10.4. The molecule has 5 heteroatoms. The monoisotopic (exact) mass is 298 g/mol. The summed E-state index contributed by atoms with van der Waals surface area (Å²) in [6.07, 6.45) is 6.66. The lowest BCUT2D eigenvalue weighted by Crippen LogP contribution is -1.91. The van der Waals surface area contributed by atoms with Crippen LogP contribution in [0.1, 0.15) is 59.3 Å². The molecule has 0 spiro atoms. The van der Waals surface area contributed by atoms with Gasteiger partial charge in [-0.3, -0.25) is 4.57 Å². The molecular weight excluding hydrogens is 271 g/mol. The molecule has 0 saturated heterocycles. The molecule has 104 valence electrons. The fourth-order valence-corrected chi connectivity index (χ4v) is 8.18. The van der Waals surface area contributed by atoms with E-state index in [1.54, 1.807) is 22.8 Å². The first-order valence-corrected chi connectivity index (χ1v) is 11.5. The van der Waals surface area contributed by atoms with Gasteiger partial charge < -0.3 is 4.52 Å². The molecule has 0 saturated carbocycles. The molecule has 0 aromatic heterocycles. The summed E-state index contributed by atoms with van der Waals surface area (Å²) in [5.74, 6) is -0.560. The Morgan fingerprint density at radius 1 is 0.882 bits per heavy atom. The number of hydrogen-bond donors (Lipinski definition) is 0. The molecular formula is C12H27O2PS2. The van der Waals surface area contributed by atoms with Gasteiger partial charge >= 0.3 is 5.77 Å². The van der Waals surface area contributed by atoms with Crippen LogP contribution in [0.15, 0.2) is 0 Å². The van der Waals surface area contributed by atoms with E-state index < -0.39 is 5.77 Å². The molecule has 2 nitrogen and oxygen atoms in total. The molecule has 0 fully saturated rings. The molecule has 0 bridgehead atoms. The number of unbranched alkanes of at least 4 members (excludes halogenated alkanes) is 3. The minimum absolute atomic E-state index is 0.645. The highest BCUT2D eigenvalue weighted by molar-refractivity contribution is 8.89. The van der Waals surface area contributed by atoms with Crippen molar-refractivity contribution < 1.29 is 9.09 Å². The third-order valence-electron chi connectivity index (χ3n) is 2.24. The zero-order valence-corrected chi connectivity index (χ0v) is 14.0. The van der Waals surface area contributed by atoms with Crippen LogP contribution < -0.4 is 0 Å². The molecule has 0 aromatic rings. The van der Waals surface area contributed by atoms with Gasteiger partial charge in [0.2, 0.25) is 0 Å². The second-order valence-electron chi connectivity index (χ2n) is 4.01. The van der Waals surface area contributed by atoms with E-state index in [1.165, 1.54) is 0 Å². The first-order valence-electron chi connectivity index (χ1n) is 6.72. The summed E-state index contributed by atoms with van der Waals surface area (Å²) in [5.41, 5.74) is 0. The van der Waals surface area contributed by atoms with Gasteiger partial charge in [-0.15, -0.1) is 0 Å². The van der Waals surface area contributed by atoms with Crippen molar-refractivity contribution in [3.05, 3.63) is 0 Å². The van der Waals surface area contributed by atoms with Crippen molar-refractivity contribution in [2.45, 2.75) is 59.3 Å². The van der Waals surface area contributed by atoms with Crippen LogP contribution in [-0.4, -0.2) is 18.1 Å². The van der Waals surface area contributed by atoms with Gasteiger partial charge in [0, 0.05) is 11.5 Å². The van der Waals surface area contributed by atoms with Crippen LogP contribution in [0.25, 0.3) is 0 Å². The molecule has 0 radical (unpaired) electrons. The highest BCUT2D eigenvalue weighted by Gasteiger charge is 2.23. The van der Waals surface area contributed by atoms with Gasteiger partial charge in [-0.05, 0) is 19.3 Å². The minimum atomic E-state index is -2.48. The van der Waals surface area contributed by atoms with E-state index >= 15 is 0 Å². The Morgan fingerprint density at radius 3 is 1.76 bits per heavy atom. The maximum absolute atomic E-state index is 12.5. The molecule has 0 N–H and O–H groups in total. The quantitative estimate of drug-likeness (QED) is 0.327. The third kappa shape index (κ3) is 10.5. The van der Waals surface area contributed by atoms with Crippen LogP contribution in [0.3, 0.4) is 0 Å². The van der Waals surface area contributed by atoms with Crippen LogP contribution >= 0.6 is 28.5 Å². The third-order valence-corrected chi connectivity index (χ3v) is 9.84. The van der Waals surface area contributed by atoms with Crippen molar-refractivity contribution in [2.24, 2.45) is 0 Å². The molecule has 0 atom stereocenters. The lowest BCUT2D eigenvalue weighted by molar-refractivity contribution is 0.327. The largest absolute Gasteiger partial charge is 0.314 e. The van der Waals surface area contributed by atoms with Gasteiger partial charge in [-0.25, -0.2) is 0 Å². The van der Waals surface area contributed by atoms with E-state index in [1.807, 2.05) is 0 Å². The molecule has 0 amide bonds. The van der Waals surface area contributed by atoms with E-state index in [9.17, 15) is 4.57 Å². The first-order chi connectivity index (χ1) is 8.18. The first kappa shape index (κ1) is 17.9. The molecule has 0 aliphatic carbocycles. The Labute approximate surface area is 115 Å². The van der Waals surface area contributed by atoms with E-state index in [4.69, 9.17) is 4.52 Å². The summed E-state index contributed by atoms with van der Waals surface area (Å²) in [7, 11) is 0. The SMILES string of the molecule is CCCCOP(=O)(SCCCC)SCCCC. The Bertz CT molecular complexity index is 179. The second-order valence-corrected chi connectivity index (χ2v) is 11.6. The molecule has 0 aliphatic rings. The molecule has 0 unspecified atom stereocenters. The van der Waals surface area contributed by atoms with Crippen LogP contribution in [0.2, 0.25) is 0 Å². The fourth-order valence-electron chi connectivity index (χ4n) is 1.07.